The van der Waals surface area contributed by atoms with Gasteiger partial charge < -0.3 is 0 Å². The fourth-order valence-electron chi connectivity index (χ4n) is 3.44. The lowest BCUT2D eigenvalue weighted by Crippen LogP contribution is -2.46. The van der Waals surface area contributed by atoms with Gasteiger partial charge in [0, 0.05) is 11.6 Å². The SMILES string of the molecule is Cc1ccc(C(=O)N2c3ncnn3[C@@H](c3ccccc3)C[C@H]2C)cc1. The molecule has 3 aromatic rings. The maximum atomic E-state index is 13.1. The largest absolute Gasteiger partial charge is 0.274 e. The highest BCUT2D eigenvalue weighted by Gasteiger charge is 2.36. The molecule has 5 nitrogen and oxygen atoms in total. The molecule has 5 heteroatoms. The van der Waals surface area contributed by atoms with Crippen LogP contribution in [0.5, 0.6) is 0 Å². The number of aromatic nitrogens is 3. The van der Waals surface area contributed by atoms with Crippen molar-refractivity contribution in [3.63, 3.8) is 0 Å². The van der Waals surface area contributed by atoms with Gasteiger partial charge >= 0.3 is 0 Å². The zero-order valence-electron chi connectivity index (χ0n) is 14.3. The number of nitrogens with zero attached hydrogens (tertiary/aromatic N) is 4. The van der Waals surface area contributed by atoms with Crippen LogP contribution in [0.3, 0.4) is 0 Å². The van der Waals surface area contributed by atoms with Crippen LogP contribution >= 0.6 is 0 Å². The summed E-state index contributed by atoms with van der Waals surface area (Å²) in [6, 6.07) is 18.0. The summed E-state index contributed by atoms with van der Waals surface area (Å²) in [4.78, 5) is 19.2. The van der Waals surface area contributed by atoms with Crippen LogP contribution in [-0.2, 0) is 0 Å². The first kappa shape index (κ1) is 15.6. The van der Waals surface area contributed by atoms with Crippen molar-refractivity contribution in [1.82, 2.24) is 14.8 Å². The highest BCUT2D eigenvalue weighted by atomic mass is 16.2. The van der Waals surface area contributed by atoms with Gasteiger partial charge in [-0.3, -0.25) is 9.69 Å². The van der Waals surface area contributed by atoms with Crippen molar-refractivity contribution in [2.24, 2.45) is 0 Å². The van der Waals surface area contributed by atoms with Crippen LogP contribution in [0.25, 0.3) is 0 Å². The maximum absolute atomic E-state index is 13.1. The van der Waals surface area contributed by atoms with E-state index in [1.807, 2.05) is 54.1 Å². The molecule has 1 amide bonds. The second-order valence-corrected chi connectivity index (χ2v) is 6.56. The van der Waals surface area contributed by atoms with E-state index >= 15 is 0 Å². The van der Waals surface area contributed by atoms with E-state index in [0.717, 1.165) is 12.0 Å². The molecule has 0 spiro atoms. The number of carbonyl (C=O) groups excluding carboxylic acids is 1. The topological polar surface area (TPSA) is 51.0 Å². The Bertz CT molecular complexity index is 886. The molecule has 0 radical (unpaired) electrons. The lowest BCUT2D eigenvalue weighted by Gasteiger charge is -2.37. The van der Waals surface area contributed by atoms with Gasteiger partial charge in [0.15, 0.2) is 0 Å². The number of hydrogen-bond acceptors (Lipinski definition) is 3. The Balaban J connectivity index is 1.73. The van der Waals surface area contributed by atoms with E-state index in [1.165, 1.54) is 11.9 Å². The Labute approximate surface area is 146 Å². The van der Waals surface area contributed by atoms with Crippen LogP contribution in [0, 0.1) is 6.92 Å². The number of hydrogen-bond donors (Lipinski definition) is 0. The zero-order chi connectivity index (χ0) is 17.4. The first-order valence-electron chi connectivity index (χ1n) is 8.50. The molecule has 0 unspecified atom stereocenters. The lowest BCUT2D eigenvalue weighted by atomic mass is 9.97. The van der Waals surface area contributed by atoms with Crippen LogP contribution in [0.15, 0.2) is 60.9 Å². The normalized spacial score (nSPS) is 19.5. The summed E-state index contributed by atoms with van der Waals surface area (Å²) in [7, 11) is 0. The van der Waals surface area contributed by atoms with Crippen molar-refractivity contribution in [2.45, 2.75) is 32.4 Å². The van der Waals surface area contributed by atoms with Crippen molar-refractivity contribution >= 4 is 11.9 Å². The molecule has 4 rings (SSSR count). The van der Waals surface area contributed by atoms with Gasteiger partial charge in [0.1, 0.15) is 6.33 Å². The molecule has 2 aromatic carbocycles. The summed E-state index contributed by atoms with van der Waals surface area (Å²) < 4.78 is 1.86. The second kappa shape index (κ2) is 6.16. The van der Waals surface area contributed by atoms with Crippen LogP contribution in [0.2, 0.25) is 0 Å². The molecule has 0 saturated carbocycles. The van der Waals surface area contributed by atoms with Crippen LogP contribution < -0.4 is 4.90 Å². The first-order chi connectivity index (χ1) is 12.1. The fraction of sp³-hybridized carbons (Fsp3) is 0.250. The van der Waals surface area contributed by atoms with E-state index in [9.17, 15) is 4.79 Å². The molecule has 0 N–H and O–H groups in total. The van der Waals surface area contributed by atoms with Gasteiger partial charge in [-0.15, -0.1) is 0 Å². The summed E-state index contributed by atoms with van der Waals surface area (Å²) in [5, 5.41) is 4.40. The molecule has 0 aliphatic carbocycles. The van der Waals surface area contributed by atoms with E-state index in [1.54, 1.807) is 4.90 Å². The van der Waals surface area contributed by atoms with Crippen molar-refractivity contribution in [2.75, 3.05) is 4.90 Å². The molecular formula is C20H20N4O. The van der Waals surface area contributed by atoms with E-state index in [4.69, 9.17) is 0 Å². The lowest BCUT2D eigenvalue weighted by molar-refractivity contribution is 0.0966. The average Bonchev–Trinajstić information content (AvgIpc) is 3.11. The first-order valence-corrected chi connectivity index (χ1v) is 8.50. The van der Waals surface area contributed by atoms with Crippen molar-refractivity contribution in [3.05, 3.63) is 77.6 Å². The third-order valence-electron chi connectivity index (χ3n) is 4.77. The number of benzene rings is 2. The van der Waals surface area contributed by atoms with Crippen molar-refractivity contribution in [1.29, 1.82) is 0 Å². The van der Waals surface area contributed by atoms with E-state index in [2.05, 4.69) is 29.1 Å². The third kappa shape index (κ3) is 2.71. The maximum Gasteiger partial charge on any atom is 0.260 e. The number of fused-ring (bicyclic) bond motifs is 1. The minimum Gasteiger partial charge on any atom is -0.274 e. The standard InChI is InChI=1S/C20H20N4O/c1-14-8-10-17(11-9-14)19(25)23-15(2)12-18(16-6-4-3-5-7-16)24-20(23)21-13-22-24/h3-11,13,15,18H,12H2,1-2H3/t15-,18-/m1/s1. The summed E-state index contributed by atoms with van der Waals surface area (Å²) in [5.74, 6) is 0.575. The number of carbonyl (C=O) groups is 1. The number of amides is 1. The van der Waals surface area contributed by atoms with Crippen molar-refractivity contribution in [3.8, 4) is 0 Å². The molecule has 1 aliphatic heterocycles. The van der Waals surface area contributed by atoms with Gasteiger partial charge in [0.25, 0.3) is 5.91 Å². The predicted molar refractivity (Wildman–Crippen MR) is 96.7 cm³/mol. The molecule has 1 aliphatic rings. The minimum atomic E-state index is -0.0340. The van der Waals surface area contributed by atoms with Gasteiger partial charge in [-0.05, 0) is 38.0 Å². The van der Waals surface area contributed by atoms with Gasteiger partial charge in [0.05, 0.1) is 6.04 Å². The van der Waals surface area contributed by atoms with Crippen molar-refractivity contribution < 1.29 is 4.79 Å². The highest BCUT2D eigenvalue weighted by molar-refractivity contribution is 6.05. The van der Waals surface area contributed by atoms with Gasteiger partial charge in [-0.2, -0.15) is 10.1 Å². The molecule has 126 valence electrons. The molecular weight excluding hydrogens is 312 g/mol. The summed E-state index contributed by atoms with van der Waals surface area (Å²) in [5.41, 5.74) is 2.99. The molecule has 2 atom stereocenters. The predicted octanol–water partition coefficient (Wildman–Crippen LogP) is 3.61. The monoisotopic (exact) mass is 332 g/mol. The molecule has 2 heterocycles. The Hall–Kier alpha value is -2.95. The van der Waals surface area contributed by atoms with E-state index in [0.29, 0.717) is 11.5 Å². The van der Waals surface area contributed by atoms with Gasteiger partial charge in [0.2, 0.25) is 5.95 Å². The summed E-state index contributed by atoms with van der Waals surface area (Å²) in [6.07, 6.45) is 2.33. The Morgan fingerprint density at radius 1 is 1.08 bits per heavy atom. The quantitative estimate of drug-likeness (QED) is 0.720. The zero-order valence-corrected chi connectivity index (χ0v) is 14.3. The fourth-order valence-corrected chi connectivity index (χ4v) is 3.44. The smallest absolute Gasteiger partial charge is 0.260 e. The number of aryl methyl sites for hydroxylation is 1. The van der Waals surface area contributed by atoms with Gasteiger partial charge in [-0.1, -0.05) is 48.0 Å². The molecule has 1 aromatic heterocycles. The molecule has 0 saturated heterocycles. The van der Waals surface area contributed by atoms with Gasteiger partial charge in [-0.25, -0.2) is 4.68 Å². The van der Waals surface area contributed by atoms with Crippen LogP contribution in [0.1, 0.15) is 40.9 Å². The summed E-state index contributed by atoms with van der Waals surface area (Å²) in [6.45, 7) is 4.08. The Morgan fingerprint density at radius 2 is 1.80 bits per heavy atom. The van der Waals surface area contributed by atoms with Crippen LogP contribution in [-0.4, -0.2) is 26.7 Å². The van der Waals surface area contributed by atoms with E-state index in [-0.39, 0.29) is 18.0 Å². The minimum absolute atomic E-state index is 0.0340. The molecule has 0 fully saturated rings. The highest BCUT2D eigenvalue weighted by Crippen LogP contribution is 2.35. The van der Waals surface area contributed by atoms with Crippen LogP contribution in [0.4, 0.5) is 5.95 Å². The Morgan fingerprint density at radius 3 is 2.52 bits per heavy atom. The second-order valence-electron chi connectivity index (χ2n) is 6.56. The molecule has 0 bridgehead atoms. The summed E-state index contributed by atoms with van der Waals surface area (Å²) >= 11 is 0. The number of anilines is 1. The Kier molecular flexibility index (Phi) is 3.84. The third-order valence-corrected chi connectivity index (χ3v) is 4.77. The number of rotatable bonds is 2. The van der Waals surface area contributed by atoms with E-state index < -0.39 is 0 Å². The molecule has 25 heavy (non-hydrogen) atoms. The average molecular weight is 332 g/mol.